The first kappa shape index (κ1) is 20.8. The number of carbonyl (C=O) groups is 1. The van der Waals surface area contributed by atoms with Crippen LogP contribution in [0.25, 0.3) is 21.7 Å². The van der Waals surface area contributed by atoms with Gasteiger partial charge in [-0.25, -0.2) is 4.98 Å². The lowest BCUT2D eigenvalue weighted by atomic mass is 9.79. The maximum atomic E-state index is 12.7. The van der Waals surface area contributed by atoms with Crippen LogP contribution in [0.4, 0.5) is 0 Å². The molecule has 0 radical (unpaired) electrons. The molecule has 1 aliphatic rings. The SMILES string of the molecule is CC1(c2noc(-c3cccnc3)n2)CCN(C(=O)CCCc2nc3ccccc3s2)CC1. The molecule has 4 heterocycles. The van der Waals surface area contributed by atoms with Gasteiger partial charge in [-0.05, 0) is 49.9 Å². The highest BCUT2D eigenvalue weighted by Crippen LogP contribution is 2.34. The van der Waals surface area contributed by atoms with Crippen molar-refractivity contribution in [2.75, 3.05) is 13.1 Å². The first-order valence-corrected chi connectivity index (χ1v) is 11.8. The first-order valence-electron chi connectivity index (χ1n) is 11.0. The molecule has 1 aliphatic heterocycles. The third-order valence-electron chi connectivity index (χ3n) is 6.21. The average Bonchev–Trinajstić information content (AvgIpc) is 3.48. The van der Waals surface area contributed by atoms with Crippen LogP contribution in [0.3, 0.4) is 0 Å². The average molecular weight is 448 g/mol. The fraction of sp³-hybridized carbons (Fsp3) is 0.375. The van der Waals surface area contributed by atoms with Gasteiger partial charge < -0.3 is 9.42 Å². The molecule has 3 aromatic heterocycles. The summed E-state index contributed by atoms with van der Waals surface area (Å²) in [6, 6.07) is 11.9. The van der Waals surface area contributed by atoms with Crippen molar-refractivity contribution in [2.45, 2.75) is 44.4 Å². The topological polar surface area (TPSA) is 85.0 Å². The zero-order valence-corrected chi connectivity index (χ0v) is 18.8. The third-order valence-corrected chi connectivity index (χ3v) is 7.31. The van der Waals surface area contributed by atoms with Crippen LogP contribution >= 0.6 is 11.3 Å². The van der Waals surface area contributed by atoms with Gasteiger partial charge in [-0.3, -0.25) is 9.78 Å². The summed E-state index contributed by atoms with van der Waals surface area (Å²) in [5.41, 5.74) is 1.67. The van der Waals surface area contributed by atoms with E-state index in [0.717, 1.165) is 41.8 Å². The van der Waals surface area contributed by atoms with Crippen LogP contribution in [-0.2, 0) is 16.6 Å². The van der Waals surface area contributed by atoms with Crippen LogP contribution in [0.2, 0.25) is 0 Å². The van der Waals surface area contributed by atoms with E-state index in [1.54, 1.807) is 23.7 Å². The van der Waals surface area contributed by atoms with Crippen molar-refractivity contribution in [1.82, 2.24) is 25.0 Å². The van der Waals surface area contributed by atoms with Gasteiger partial charge in [0.25, 0.3) is 5.89 Å². The van der Waals surface area contributed by atoms with E-state index in [-0.39, 0.29) is 11.3 Å². The molecule has 32 heavy (non-hydrogen) atoms. The summed E-state index contributed by atoms with van der Waals surface area (Å²) < 4.78 is 6.68. The molecule has 4 aromatic rings. The Morgan fingerprint density at radius 2 is 2.00 bits per heavy atom. The van der Waals surface area contributed by atoms with E-state index in [4.69, 9.17) is 4.52 Å². The molecule has 1 aromatic carbocycles. The lowest BCUT2D eigenvalue weighted by Gasteiger charge is -2.37. The number of likely N-dealkylation sites (tertiary alicyclic amines) is 1. The molecule has 0 bridgehead atoms. The molecule has 7 nitrogen and oxygen atoms in total. The van der Waals surface area contributed by atoms with Crippen molar-refractivity contribution >= 4 is 27.5 Å². The van der Waals surface area contributed by atoms with Crippen molar-refractivity contribution in [3.05, 3.63) is 59.6 Å². The quantitative estimate of drug-likeness (QED) is 0.428. The Bertz CT molecular complexity index is 1180. The number of para-hydroxylation sites is 1. The maximum Gasteiger partial charge on any atom is 0.259 e. The van der Waals surface area contributed by atoms with Crippen molar-refractivity contribution in [1.29, 1.82) is 0 Å². The van der Waals surface area contributed by atoms with Crippen molar-refractivity contribution in [3.8, 4) is 11.5 Å². The molecule has 5 rings (SSSR count). The second kappa shape index (κ2) is 8.78. The first-order chi connectivity index (χ1) is 15.6. The molecule has 1 amide bonds. The molecule has 0 N–H and O–H groups in total. The second-order valence-corrected chi connectivity index (χ2v) is 9.65. The highest BCUT2D eigenvalue weighted by Gasteiger charge is 2.37. The molecule has 1 saturated heterocycles. The molecule has 8 heteroatoms. The fourth-order valence-corrected chi connectivity index (χ4v) is 5.13. The van der Waals surface area contributed by atoms with E-state index in [0.29, 0.717) is 31.2 Å². The predicted molar refractivity (Wildman–Crippen MR) is 123 cm³/mol. The summed E-state index contributed by atoms with van der Waals surface area (Å²) in [4.78, 5) is 28.1. The molecular weight excluding hydrogens is 422 g/mol. The van der Waals surface area contributed by atoms with Crippen LogP contribution in [0, 0.1) is 0 Å². The highest BCUT2D eigenvalue weighted by molar-refractivity contribution is 7.18. The number of aromatic nitrogens is 4. The predicted octanol–water partition coefficient (Wildman–Crippen LogP) is 4.64. The second-order valence-electron chi connectivity index (χ2n) is 8.54. The number of hydrogen-bond acceptors (Lipinski definition) is 7. The minimum absolute atomic E-state index is 0.193. The van der Waals surface area contributed by atoms with Gasteiger partial charge in [0.15, 0.2) is 5.82 Å². The summed E-state index contributed by atoms with van der Waals surface area (Å²) in [5.74, 6) is 1.42. The van der Waals surface area contributed by atoms with Gasteiger partial charge in [0.2, 0.25) is 5.91 Å². The standard InChI is InChI=1S/C24H25N5O2S/c1-24(23-27-22(31-28-23)17-6-5-13-25-16-17)11-14-29(15-12-24)21(30)10-4-9-20-26-18-7-2-3-8-19(18)32-20/h2-3,5-8,13,16H,4,9-12,14-15H2,1H3. The van der Waals surface area contributed by atoms with E-state index in [2.05, 4.69) is 33.1 Å². The van der Waals surface area contributed by atoms with Crippen LogP contribution < -0.4 is 0 Å². The zero-order chi connectivity index (χ0) is 22.0. The molecule has 164 valence electrons. The van der Waals surface area contributed by atoms with E-state index < -0.39 is 0 Å². The van der Waals surface area contributed by atoms with Gasteiger partial charge >= 0.3 is 0 Å². The number of rotatable bonds is 6. The number of thiazole rings is 1. The van der Waals surface area contributed by atoms with Gasteiger partial charge in [-0.1, -0.05) is 24.2 Å². The number of amides is 1. The van der Waals surface area contributed by atoms with Gasteiger partial charge in [-0.15, -0.1) is 11.3 Å². The normalized spacial score (nSPS) is 15.8. The van der Waals surface area contributed by atoms with Crippen LogP contribution in [-0.4, -0.2) is 44.0 Å². The van der Waals surface area contributed by atoms with Crippen LogP contribution in [0.5, 0.6) is 0 Å². The lowest BCUT2D eigenvalue weighted by Crippen LogP contribution is -2.44. The number of nitrogens with zero attached hydrogens (tertiary/aromatic N) is 5. The van der Waals surface area contributed by atoms with Crippen LogP contribution in [0.1, 0.15) is 43.4 Å². The number of piperidine rings is 1. The smallest absolute Gasteiger partial charge is 0.259 e. The van der Waals surface area contributed by atoms with E-state index in [9.17, 15) is 4.79 Å². The van der Waals surface area contributed by atoms with Gasteiger partial charge in [0.1, 0.15) is 0 Å². The number of hydrogen-bond donors (Lipinski definition) is 0. The van der Waals surface area contributed by atoms with E-state index in [1.807, 2.05) is 35.2 Å². The summed E-state index contributed by atoms with van der Waals surface area (Å²) in [6.45, 7) is 3.58. The Hall–Kier alpha value is -3.13. The minimum Gasteiger partial charge on any atom is -0.343 e. The monoisotopic (exact) mass is 447 g/mol. The summed E-state index contributed by atoms with van der Waals surface area (Å²) in [6.07, 6.45) is 7.30. The Labute approximate surface area is 190 Å². The van der Waals surface area contributed by atoms with Gasteiger partial charge in [-0.2, -0.15) is 4.98 Å². The lowest BCUT2D eigenvalue weighted by molar-refractivity contribution is -0.132. The van der Waals surface area contributed by atoms with Crippen molar-refractivity contribution in [2.24, 2.45) is 0 Å². The van der Waals surface area contributed by atoms with E-state index >= 15 is 0 Å². The Balaban J connectivity index is 1.14. The molecular formula is C24H25N5O2S. The van der Waals surface area contributed by atoms with Crippen molar-refractivity contribution < 1.29 is 9.32 Å². The summed E-state index contributed by atoms with van der Waals surface area (Å²) in [5, 5.41) is 5.34. The van der Waals surface area contributed by atoms with Gasteiger partial charge in [0.05, 0.1) is 20.8 Å². The van der Waals surface area contributed by atoms with Crippen molar-refractivity contribution in [3.63, 3.8) is 0 Å². The number of benzene rings is 1. The zero-order valence-electron chi connectivity index (χ0n) is 18.0. The molecule has 1 fully saturated rings. The highest BCUT2D eigenvalue weighted by atomic mass is 32.1. The summed E-state index contributed by atoms with van der Waals surface area (Å²) >= 11 is 1.72. The van der Waals surface area contributed by atoms with E-state index in [1.165, 1.54) is 4.70 Å². The molecule has 0 unspecified atom stereocenters. The molecule has 0 atom stereocenters. The summed E-state index contributed by atoms with van der Waals surface area (Å²) in [7, 11) is 0. The number of carbonyl (C=O) groups excluding carboxylic acids is 1. The maximum absolute atomic E-state index is 12.7. The largest absolute Gasteiger partial charge is 0.343 e. The number of pyridine rings is 1. The Morgan fingerprint density at radius 3 is 2.78 bits per heavy atom. The van der Waals surface area contributed by atoms with Crippen LogP contribution in [0.15, 0.2) is 53.3 Å². The molecule has 0 aliphatic carbocycles. The number of aryl methyl sites for hydroxylation is 1. The number of fused-ring (bicyclic) bond motifs is 1. The third kappa shape index (κ3) is 4.27. The molecule has 0 spiro atoms. The Kier molecular flexibility index (Phi) is 5.70. The van der Waals surface area contributed by atoms with Gasteiger partial charge in [0, 0.05) is 37.3 Å². The Morgan fingerprint density at radius 1 is 1.16 bits per heavy atom. The minimum atomic E-state index is -0.193. The molecule has 0 saturated carbocycles. The fourth-order valence-electron chi connectivity index (χ4n) is 4.12.